The third kappa shape index (κ3) is 7.43. The minimum absolute atomic E-state index is 0.0201. The second-order valence-electron chi connectivity index (χ2n) is 6.31. The van der Waals surface area contributed by atoms with Crippen molar-refractivity contribution in [2.45, 2.75) is 16.7 Å². The van der Waals surface area contributed by atoms with Gasteiger partial charge in [-0.25, -0.2) is 18.0 Å². The SMILES string of the molecule is C=C(C)C(=O)OCCOCCNC(=O)Oc1ccc(S(=O)(=O)c2ccc(O)cc2)cc1. The molecule has 9 nitrogen and oxygen atoms in total. The van der Waals surface area contributed by atoms with Crippen LogP contribution in [0, 0.1) is 0 Å². The highest BCUT2D eigenvalue weighted by atomic mass is 32.2. The summed E-state index contributed by atoms with van der Waals surface area (Å²) in [6.45, 7) is 5.60. The summed E-state index contributed by atoms with van der Waals surface area (Å²) in [6.07, 6.45) is -0.730. The molecule has 0 aromatic heterocycles. The number of rotatable bonds is 10. The van der Waals surface area contributed by atoms with Gasteiger partial charge in [-0.2, -0.15) is 0 Å². The maximum atomic E-state index is 12.6. The molecule has 0 spiro atoms. The first-order valence-corrected chi connectivity index (χ1v) is 10.7. The molecule has 0 bridgehead atoms. The molecule has 166 valence electrons. The topological polar surface area (TPSA) is 128 Å². The molecule has 0 atom stereocenters. The Hall–Kier alpha value is -3.37. The number of ether oxygens (including phenoxy) is 3. The van der Waals surface area contributed by atoms with Gasteiger partial charge in [-0.05, 0) is 55.5 Å². The molecule has 0 unspecified atom stereocenters. The van der Waals surface area contributed by atoms with Gasteiger partial charge in [-0.15, -0.1) is 0 Å². The van der Waals surface area contributed by atoms with Crippen molar-refractivity contribution in [3.8, 4) is 11.5 Å². The molecule has 1 amide bonds. The van der Waals surface area contributed by atoms with Crippen LogP contribution in [0.25, 0.3) is 0 Å². The summed E-state index contributed by atoms with van der Waals surface area (Å²) in [6, 6.07) is 10.5. The van der Waals surface area contributed by atoms with E-state index in [-0.39, 0.29) is 47.7 Å². The van der Waals surface area contributed by atoms with E-state index in [9.17, 15) is 23.1 Å². The van der Waals surface area contributed by atoms with Crippen molar-refractivity contribution < 1.29 is 37.3 Å². The average molecular weight is 449 g/mol. The van der Waals surface area contributed by atoms with Crippen LogP contribution in [0.2, 0.25) is 0 Å². The fourth-order valence-corrected chi connectivity index (χ4v) is 3.50. The monoisotopic (exact) mass is 449 g/mol. The third-order valence-corrected chi connectivity index (χ3v) is 5.60. The molecule has 10 heteroatoms. The highest BCUT2D eigenvalue weighted by molar-refractivity contribution is 7.91. The van der Waals surface area contributed by atoms with Gasteiger partial charge in [0.05, 0.1) is 23.0 Å². The fourth-order valence-electron chi connectivity index (χ4n) is 2.24. The summed E-state index contributed by atoms with van der Waals surface area (Å²) in [5.74, 6) is -0.368. The number of carbonyl (C=O) groups excluding carboxylic acids is 2. The van der Waals surface area contributed by atoms with Crippen LogP contribution in [0.4, 0.5) is 4.79 Å². The Bertz CT molecular complexity index is 1010. The van der Waals surface area contributed by atoms with Gasteiger partial charge in [0.1, 0.15) is 18.1 Å². The lowest BCUT2D eigenvalue weighted by molar-refractivity contribution is -0.140. The van der Waals surface area contributed by atoms with Crippen LogP contribution < -0.4 is 10.1 Å². The molecule has 0 heterocycles. The van der Waals surface area contributed by atoms with E-state index in [0.29, 0.717) is 5.57 Å². The van der Waals surface area contributed by atoms with Gasteiger partial charge in [-0.1, -0.05) is 6.58 Å². The summed E-state index contributed by atoms with van der Waals surface area (Å²) < 4.78 is 40.2. The summed E-state index contributed by atoms with van der Waals surface area (Å²) >= 11 is 0. The van der Waals surface area contributed by atoms with E-state index < -0.39 is 21.9 Å². The molecular formula is C21H23NO8S. The largest absolute Gasteiger partial charge is 0.508 e. The lowest BCUT2D eigenvalue weighted by Crippen LogP contribution is -2.30. The van der Waals surface area contributed by atoms with E-state index in [1.165, 1.54) is 48.5 Å². The Kier molecular flexibility index (Phi) is 8.59. The number of esters is 1. The van der Waals surface area contributed by atoms with Crippen LogP contribution in [0.5, 0.6) is 11.5 Å². The van der Waals surface area contributed by atoms with Gasteiger partial charge in [0.15, 0.2) is 0 Å². The molecule has 0 aliphatic carbocycles. The first-order chi connectivity index (χ1) is 14.7. The van der Waals surface area contributed by atoms with Gasteiger partial charge in [0, 0.05) is 12.1 Å². The summed E-state index contributed by atoms with van der Waals surface area (Å²) in [4.78, 5) is 23.0. The van der Waals surface area contributed by atoms with Crippen molar-refractivity contribution in [2.75, 3.05) is 26.4 Å². The van der Waals surface area contributed by atoms with Crippen LogP contribution >= 0.6 is 0 Å². The number of hydrogen-bond acceptors (Lipinski definition) is 8. The second-order valence-corrected chi connectivity index (χ2v) is 8.26. The number of carbonyl (C=O) groups is 2. The Morgan fingerprint density at radius 2 is 1.55 bits per heavy atom. The van der Waals surface area contributed by atoms with Crippen LogP contribution in [0.15, 0.2) is 70.5 Å². The lowest BCUT2D eigenvalue weighted by atomic mass is 10.3. The van der Waals surface area contributed by atoms with E-state index in [1.54, 1.807) is 6.92 Å². The summed E-state index contributed by atoms with van der Waals surface area (Å²) in [7, 11) is -3.76. The quantitative estimate of drug-likeness (QED) is 0.322. The maximum Gasteiger partial charge on any atom is 0.412 e. The van der Waals surface area contributed by atoms with Crippen molar-refractivity contribution in [1.82, 2.24) is 5.32 Å². The standard InChI is InChI=1S/C21H23NO8S/c1-15(2)20(24)29-14-13-28-12-11-22-21(25)30-17-5-9-19(10-6-17)31(26,27)18-7-3-16(23)4-8-18/h3-10,23H,1,11-14H2,2H3,(H,22,25). The van der Waals surface area contributed by atoms with Crippen LogP contribution in [-0.2, 0) is 24.1 Å². The Morgan fingerprint density at radius 1 is 0.968 bits per heavy atom. The van der Waals surface area contributed by atoms with Crippen molar-refractivity contribution >= 4 is 21.9 Å². The molecule has 2 N–H and O–H groups in total. The first kappa shape index (κ1) is 23.9. The molecule has 0 aliphatic heterocycles. The molecule has 0 fully saturated rings. The van der Waals surface area contributed by atoms with Gasteiger partial charge >= 0.3 is 12.1 Å². The van der Waals surface area contributed by atoms with Crippen molar-refractivity contribution in [2.24, 2.45) is 0 Å². The first-order valence-electron chi connectivity index (χ1n) is 9.20. The highest BCUT2D eigenvalue weighted by Gasteiger charge is 2.17. The van der Waals surface area contributed by atoms with E-state index in [1.807, 2.05) is 0 Å². The normalized spacial score (nSPS) is 10.9. The third-order valence-electron chi connectivity index (χ3n) is 3.82. The van der Waals surface area contributed by atoms with Crippen LogP contribution in [-0.4, -0.2) is 52.0 Å². The number of phenols is 1. The molecule has 0 saturated heterocycles. The zero-order chi connectivity index (χ0) is 22.9. The van der Waals surface area contributed by atoms with Crippen LogP contribution in [0.3, 0.4) is 0 Å². The number of benzene rings is 2. The average Bonchev–Trinajstić information content (AvgIpc) is 2.73. The second kappa shape index (κ2) is 11.1. The van der Waals surface area contributed by atoms with Gasteiger partial charge in [0.2, 0.25) is 9.84 Å². The van der Waals surface area contributed by atoms with Crippen LogP contribution in [0.1, 0.15) is 6.92 Å². The lowest BCUT2D eigenvalue weighted by Gasteiger charge is -2.09. The fraction of sp³-hybridized carbons (Fsp3) is 0.238. The van der Waals surface area contributed by atoms with Crippen molar-refractivity contribution in [1.29, 1.82) is 0 Å². The number of sulfone groups is 1. The molecule has 31 heavy (non-hydrogen) atoms. The molecule has 0 radical (unpaired) electrons. The number of amides is 1. The number of nitrogens with one attached hydrogen (secondary N) is 1. The minimum Gasteiger partial charge on any atom is -0.508 e. The molecule has 2 rings (SSSR count). The number of phenolic OH excluding ortho intramolecular Hbond substituents is 1. The van der Waals surface area contributed by atoms with E-state index in [2.05, 4.69) is 11.9 Å². The molecule has 2 aromatic rings. The van der Waals surface area contributed by atoms with Crippen molar-refractivity contribution in [3.63, 3.8) is 0 Å². The predicted molar refractivity (Wildman–Crippen MR) is 111 cm³/mol. The number of aromatic hydroxyl groups is 1. The molecule has 2 aromatic carbocycles. The molecule has 0 saturated carbocycles. The maximum absolute atomic E-state index is 12.6. The Labute approximate surface area is 180 Å². The Balaban J connectivity index is 1.75. The van der Waals surface area contributed by atoms with E-state index in [4.69, 9.17) is 14.2 Å². The number of hydrogen-bond donors (Lipinski definition) is 2. The van der Waals surface area contributed by atoms with Gasteiger partial charge < -0.3 is 24.6 Å². The van der Waals surface area contributed by atoms with Gasteiger partial charge in [0.25, 0.3) is 0 Å². The summed E-state index contributed by atoms with van der Waals surface area (Å²) in [5, 5.41) is 11.8. The highest BCUT2D eigenvalue weighted by Crippen LogP contribution is 2.24. The molecule has 0 aliphatic rings. The zero-order valence-corrected chi connectivity index (χ0v) is 17.7. The van der Waals surface area contributed by atoms with Crippen molar-refractivity contribution in [3.05, 3.63) is 60.7 Å². The minimum atomic E-state index is -3.76. The zero-order valence-electron chi connectivity index (χ0n) is 16.9. The predicted octanol–water partition coefficient (Wildman–Crippen LogP) is 2.45. The molecular weight excluding hydrogens is 426 g/mol. The van der Waals surface area contributed by atoms with E-state index in [0.717, 1.165) is 0 Å². The van der Waals surface area contributed by atoms with E-state index >= 15 is 0 Å². The summed E-state index contributed by atoms with van der Waals surface area (Å²) in [5.41, 5.74) is 0.301. The van der Waals surface area contributed by atoms with Gasteiger partial charge in [-0.3, -0.25) is 0 Å². The smallest absolute Gasteiger partial charge is 0.412 e. The Morgan fingerprint density at radius 3 is 2.13 bits per heavy atom.